The van der Waals surface area contributed by atoms with E-state index in [9.17, 15) is 0 Å². The van der Waals surface area contributed by atoms with Crippen LogP contribution in [0.1, 0.15) is 0 Å². The number of hydrogen-bond acceptors (Lipinski definition) is 4. The van der Waals surface area contributed by atoms with Crippen LogP contribution >= 0.6 is 0 Å². The molecule has 14 aromatic rings. The van der Waals surface area contributed by atoms with Gasteiger partial charge >= 0.3 is 0 Å². The predicted molar refractivity (Wildman–Crippen MR) is 275 cm³/mol. The molecule has 0 saturated heterocycles. The molecule has 6 nitrogen and oxygen atoms in total. The molecule has 0 fully saturated rings. The maximum Gasteiger partial charge on any atom is 0.166 e. The molecule has 0 saturated carbocycles. The minimum Gasteiger partial charge on any atom is -0.456 e. The molecule has 312 valence electrons. The van der Waals surface area contributed by atoms with E-state index in [1.54, 1.807) is 0 Å². The molecular formula is C61H37N5O. The Morgan fingerprint density at radius 1 is 0.328 bits per heavy atom. The smallest absolute Gasteiger partial charge is 0.166 e. The van der Waals surface area contributed by atoms with E-state index in [1.165, 1.54) is 21.5 Å². The number of nitrogens with zero attached hydrogens (tertiary/aromatic N) is 5. The molecule has 10 aromatic carbocycles. The molecule has 14 rings (SSSR count). The Morgan fingerprint density at radius 2 is 0.925 bits per heavy atom. The van der Waals surface area contributed by atoms with E-state index in [1.807, 2.05) is 18.2 Å². The summed E-state index contributed by atoms with van der Waals surface area (Å²) in [6.45, 7) is 0. The van der Waals surface area contributed by atoms with E-state index in [0.29, 0.717) is 17.5 Å². The quantitative estimate of drug-likeness (QED) is 0.167. The summed E-state index contributed by atoms with van der Waals surface area (Å²) in [4.78, 5) is 16.6. The largest absolute Gasteiger partial charge is 0.456 e. The van der Waals surface area contributed by atoms with Crippen molar-refractivity contribution in [3.05, 3.63) is 224 Å². The first-order valence-corrected chi connectivity index (χ1v) is 22.6. The Balaban J connectivity index is 1.11. The van der Waals surface area contributed by atoms with Crippen LogP contribution in [0, 0.1) is 0 Å². The molecule has 0 aliphatic carbocycles. The third-order valence-corrected chi connectivity index (χ3v) is 13.4. The van der Waals surface area contributed by atoms with Crippen molar-refractivity contribution >= 4 is 76.3 Å². The van der Waals surface area contributed by atoms with Crippen molar-refractivity contribution in [3.63, 3.8) is 0 Å². The first-order valence-electron chi connectivity index (χ1n) is 22.6. The van der Waals surface area contributed by atoms with E-state index in [-0.39, 0.29) is 0 Å². The molecule has 0 unspecified atom stereocenters. The van der Waals surface area contributed by atoms with Crippen LogP contribution in [0.15, 0.2) is 229 Å². The molecule has 0 N–H and O–H groups in total. The van der Waals surface area contributed by atoms with Crippen molar-refractivity contribution in [2.24, 2.45) is 0 Å². The van der Waals surface area contributed by atoms with Gasteiger partial charge in [-0.3, -0.25) is 0 Å². The summed E-state index contributed by atoms with van der Waals surface area (Å²) < 4.78 is 11.4. The highest BCUT2D eigenvalue weighted by Gasteiger charge is 2.26. The van der Waals surface area contributed by atoms with Crippen LogP contribution < -0.4 is 0 Å². The third kappa shape index (κ3) is 5.80. The number of fused-ring (bicyclic) bond motifs is 10. The summed E-state index contributed by atoms with van der Waals surface area (Å²) in [5.74, 6) is 1.71. The summed E-state index contributed by atoms with van der Waals surface area (Å²) in [6.07, 6.45) is 0. The van der Waals surface area contributed by atoms with E-state index < -0.39 is 0 Å². The van der Waals surface area contributed by atoms with Gasteiger partial charge in [0.15, 0.2) is 17.5 Å². The topological polar surface area (TPSA) is 61.7 Å². The zero-order chi connectivity index (χ0) is 44.0. The highest BCUT2D eigenvalue weighted by molar-refractivity contribution is 6.18. The van der Waals surface area contributed by atoms with Crippen LogP contribution in [-0.4, -0.2) is 24.1 Å². The van der Waals surface area contributed by atoms with Crippen LogP contribution in [-0.2, 0) is 0 Å². The molecule has 0 spiro atoms. The summed E-state index contributed by atoms with van der Waals surface area (Å²) >= 11 is 0. The highest BCUT2D eigenvalue weighted by atomic mass is 16.3. The lowest BCUT2D eigenvalue weighted by atomic mass is 10.0. The van der Waals surface area contributed by atoms with Gasteiger partial charge in [-0.1, -0.05) is 164 Å². The Bertz CT molecular complexity index is 4260. The van der Waals surface area contributed by atoms with Crippen LogP contribution in [0.5, 0.6) is 0 Å². The Kier molecular flexibility index (Phi) is 8.18. The van der Waals surface area contributed by atoms with Gasteiger partial charge in [-0.25, -0.2) is 15.0 Å². The molecule has 0 radical (unpaired) electrons. The molecule has 0 atom stereocenters. The molecule has 4 heterocycles. The van der Waals surface area contributed by atoms with Crippen LogP contribution in [0.4, 0.5) is 0 Å². The molecule has 6 heteroatoms. The molecule has 0 aliphatic heterocycles. The number of benzene rings is 10. The monoisotopic (exact) mass is 855 g/mol. The van der Waals surface area contributed by atoms with Gasteiger partial charge in [0.1, 0.15) is 11.2 Å². The minimum atomic E-state index is 0.551. The fourth-order valence-electron chi connectivity index (χ4n) is 10.4. The zero-order valence-corrected chi connectivity index (χ0v) is 36.0. The fourth-order valence-corrected chi connectivity index (χ4v) is 10.4. The van der Waals surface area contributed by atoms with Gasteiger partial charge < -0.3 is 13.6 Å². The van der Waals surface area contributed by atoms with Gasteiger partial charge in [-0.2, -0.15) is 0 Å². The van der Waals surface area contributed by atoms with Gasteiger partial charge in [0.05, 0.1) is 33.3 Å². The second kappa shape index (κ2) is 14.7. The second-order valence-electron chi connectivity index (χ2n) is 17.1. The molecular weight excluding hydrogens is 819 g/mol. The summed E-state index contributed by atoms with van der Waals surface area (Å²) in [6, 6.07) is 79.1. The van der Waals surface area contributed by atoms with Crippen molar-refractivity contribution in [2.75, 3.05) is 0 Å². The lowest BCUT2D eigenvalue weighted by Crippen LogP contribution is -2.04. The maximum absolute atomic E-state index is 6.67. The summed E-state index contributed by atoms with van der Waals surface area (Å²) in [5, 5.41) is 8.84. The lowest BCUT2D eigenvalue weighted by Gasteiger charge is -2.16. The molecule has 0 aliphatic rings. The SMILES string of the molecule is c1ccc(-c2ccc(-c3nc(-c4c(-n5c6ccccc6c6cc7ccccc7cc65)ccc5oc6ccccc6c45)nc(-c4cccc5c4c4ccccc4n5-c4ccccc4)n3)cc2)cc1. The number of furan rings is 1. The van der Waals surface area contributed by atoms with E-state index in [2.05, 4.69) is 215 Å². The Labute approximate surface area is 384 Å². The third-order valence-electron chi connectivity index (χ3n) is 13.4. The highest BCUT2D eigenvalue weighted by Crippen LogP contribution is 2.45. The standard InChI is InChI=1S/C61H37N5O/c1-3-16-38(17-4-1)39-30-32-40(33-31-39)59-62-60(47-25-15-28-51-56(47)45-23-10-13-27-50(45)65(51)43-20-5-2-6-21-43)64-61(63-59)58-52(34-35-55-57(58)46-24-11-14-29-54(46)67-55)66-49-26-12-9-22-44(49)48-36-41-18-7-8-19-42(41)37-53(48)66/h1-37H. The summed E-state index contributed by atoms with van der Waals surface area (Å²) in [7, 11) is 0. The average Bonchev–Trinajstić information content (AvgIpc) is 4.06. The number of aromatic nitrogens is 5. The van der Waals surface area contributed by atoms with E-state index in [0.717, 1.165) is 94.0 Å². The first kappa shape index (κ1) is 37.3. The number of hydrogen-bond donors (Lipinski definition) is 0. The number of rotatable bonds is 6. The molecule has 4 aromatic heterocycles. The van der Waals surface area contributed by atoms with Gasteiger partial charge in [0, 0.05) is 49.1 Å². The summed E-state index contributed by atoms with van der Waals surface area (Å²) in [5.41, 5.74) is 12.9. The first-order chi connectivity index (χ1) is 33.2. The molecule has 0 amide bonds. The average molecular weight is 856 g/mol. The van der Waals surface area contributed by atoms with Gasteiger partial charge in [0.25, 0.3) is 0 Å². The lowest BCUT2D eigenvalue weighted by molar-refractivity contribution is 0.669. The van der Waals surface area contributed by atoms with Gasteiger partial charge in [0.2, 0.25) is 0 Å². The maximum atomic E-state index is 6.67. The van der Waals surface area contributed by atoms with Crippen molar-refractivity contribution in [1.82, 2.24) is 24.1 Å². The van der Waals surface area contributed by atoms with Gasteiger partial charge in [-0.15, -0.1) is 0 Å². The van der Waals surface area contributed by atoms with Crippen LogP contribution in [0.25, 0.3) is 133 Å². The van der Waals surface area contributed by atoms with Crippen molar-refractivity contribution in [2.45, 2.75) is 0 Å². The van der Waals surface area contributed by atoms with Crippen LogP contribution in [0.3, 0.4) is 0 Å². The number of para-hydroxylation sites is 4. The van der Waals surface area contributed by atoms with Crippen molar-refractivity contribution in [1.29, 1.82) is 0 Å². The van der Waals surface area contributed by atoms with Crippen molar-refractivity contribution < 1.29 is 4.42 Å². The van der Waals surface area contributed by atoms with E-state index in [4.69, 9.17) is 19.4 Å². The van der Waals surface area contributed by atoms with Crippen molar-refractivity contribution in [3.8, 4) is 56.7 Å². The predicted octanol–water partition coefficient (Wildman–Crippen LogP) is 15.8. The second-order valence-corrected chi connectivity index (χ2v) is 17.1. The normalized spacial score (nSPS) is 11.9. The molecule has 67 heavy (non-hydrogen) atoms. The van der Waals surface area contributed by atoms with Gasteiger partial charge in [-0.05, 0) is 82.6 Å². The van der Waals surface area contributed by atoms with E-state index >= 15 is 0 Å². The fraction of sp³-hybridized carbons (Fsp3) is 0. The Hall–Kier alpha value is -9.13. The van der Waals surface area contributed by atoms with Crippen LogP contribution in [0.2, 0.25) is 0 Å². The minimum absolute atomic E-state index is 0.551. The molecule has 0 bridgehead atoms. The zero-order valence-electron chi connectivity index (χ0n) is 36.0. The Morgan fingerprint density at radius 3 is 1.73 bits per heavy atom.